The van der Waals surface area contributed by atoms with Gasteiger partial charge in [0.15, 0.2) is 0 Å². The molecule has 0 amide bonds. The maximum atomic E-state index is 5.65. The number of aromatic nitrogens is 3. The number of hydrogen-bond donors (Lipinski definition) is 0. The number of nitrogens with zero attached hydrogens (tertiary/aromatic N) is 3. The molecule has 1 aromatic heterocycles. The quantitative estimate of drug-likeness (QED) is 0.522. The SMILES string of the molecule is ClCCCCCCn1nc2c(Br)ccc(Br)c2n1. The molecule has 0 aliphatic heterocycles. The first-order chi connectivity index (χ1) is 8.72. The fourth-order valence-corrected chi connectivity index (χ4v) is 2.76. The lowest BCUT2D eigenvalue weighted by Gasteiger charge is -1.98. The van der Waals surface area contributed by atoms with Gasteiger partial charge in [-0.05, 0) is 56.8 Å². The fourth-order valence-electron chi connectivity index (χ4n) is 1.78. The van der Waals surface area contributed by atoms with E-state index < -0.39 is 0 Å². The van der Waals surface area contributed by atoms with Gasteiger partial charge in [0.2, 0.25) is 0 Å². The summed E-state index contributed by atoms with van der Waals surface area (Å²) in [5.41, 5.74) is 1.82. The van der Waals surface area contributed by atoms with Crippen LogP contribution in [-0.2, 0) is 6.54 Å². The number of fused-ring (bicyclic) bond motifs is 1. The zero-order chi connectivity index (χ0) is 13.0. The van der Waals surface area contributed by atoms with Crippen molar-refractivity contribution in [2.24, 2.45) is 0 Å². The molecule has 0 aliphatic rings. The molecule has 0 fully saturated rings. The summed E-state index contributed by atoms with van der Waals surface area (Å²) in [5.74, 6) is 0.754. The minimum Gasteiger partial charge on any atom is -0.184 e. The van der Waals surface area contributed by atoms with Crippen molar-refractivity contribution in [3.05, 3.63) is 21.1 Å². The summed E-state index contributed by atoms with van der Waals surface area (Å²) >= 11 is 12.6. The van der Waals surface area contributed by atoms with Crippen LogP contribution in [0.25, 0.3) is 11.0 Å². The second kappa shape index (κ2) is 6.87. The van der Waals surface area contributed by atoms with Crippen LogP contribution in [-0.4, -0.2) is 20.9 Å². The Balaban J connectivity index is 2.02. The van der Waals surface area contributed by atoms with E-state index in [1.165, 1.54) is 12.8 Å². The Morgan fingerprint density at radius 3 is 2.06 bits per heavy atom. The third-order valence-electron chi connectivity index (χ3n) is 2.73. The molecule has 6 heteroatoms. The molecule has 0 bridgehead atoms. The van der Waals surface area contributed by atoms with Crippen molar-refractivity contribution in [3.63, 3.8) is 0 Å². The summed E-state index contributed by atoms with van der Waals surface area (Å²) in [5, 5.41) is 8.99. The maximum Gasteiger partial charge on any atom is 0.128 e. The Bertz CT molecular complexity index is 488. The molecule has 0 N–H and O–H groups in total. The minimum atomic E-state index is 0.754. The van der Waals surface area contributed by atoms with E-state index in [2.05, 4.69) is 42.1 Å². The topological polar surface area (TPSA) is 30.7 Å². The Hall–Kier alpha value is -0.130. The molecule has 1 heterocycles. The highest BCUT2D eigenvalue weighted by Gasteiger charge is 2.09. The summed E-state index contributed by atoms with van der Waals surface area (Å²) in [6, 6.07) is 3.96. The van der Waals surface area contributed by atoms with E-state index in [4.69, 9.17) is 11.6 Å². The fraction of sp³-hybridized carbons (Fsp3) is 0.500. The second-order valence-electron chi connectivity index (χ2n) is 4.13. The molecule has 0 saturated heterocycles. The van der Waals surface area contributed by atoms with Crippen LogP contribution in [0.2, 0.25) is 0 Å². The van der Waals surface area contributed by atoms with Crippen molar-refractivity contribution >= 4 is 54.5 Å². The van der Waals surface area contributed by atoms with Crippen molar-refractivity contribution < 1.29 is 0 Å². The first-order valence-corrected chi connectivity index (χ1v) is 8.09. The normalized spacial score (nSPS) is 11.3. The van der Waals surface area contributed by atoms with E-state index >= 15 is 0 Å². The van der Waals surface area contributed by atoms with Crippen LogP contribution in [0.1, 0.15) is 25.7 Å². The summed E-state index contributed by atoms with van der Waals surface area (Å²) in [4.78, 5) is 1.78. The summed E-state index contributed by atoms with van der Waals surface area (Å²) in [6.07, 6.45) is 4.53. The highest BCUT2D eigenvalue weighted by Crippen LogP contribution is 2.27. The molecule has 2 aromatic rings. The highest BCUT2D eigenvalue weighted by molar-refractivity contribution is 9.11. The molecule has 3 nitrogen and oxygen atoms in total. The molecular weight excluding hydrogens is 381 g/mol. The van der Waals surface area contributed by atoms with Gasteiger partial charge in [-0.3, -0.25) is 0 Å². The zero-order valence-corrected chi connectivity index (χ0v) is 13.8. The Morgan fingerprint density at radius 2 is 1.50 bits per heavy atom. The van der Waals surface area contributed by atoms with Gasteiger partial charge in [-0.15, -0.1) is 11.6 Å². The van der Waals surface area contributed by atoms with E-state index in [0.717, 1.165) is 45.2 Å². The lowest BCUT2D eigenvalue weighted by molar-refractivity contribution is 0.495. The number of rotatable bonds is 6. The van der Waals surface area contributed by atoms with Crippen molar-refractivity contribution in [1.82, 2.24) is 15.0 Å². The van der Waals surface area contributed by atoms with E-state index in [0.29, 0.717) is 0 Å². The average Bonchev–Trinajstić information content (AvgIpc) is 2.79. The zero-order valence-electron chi connectivity index (χ0n) is 9.87. The highest BCUT2D eigenvalue weighted by atomic mass is 79.9. The maximum absolute atomic E-state index is 5.65. The first kappa shape index (κ1) is 14.3. The van der Waals surface area contributed by atoms with Crippen LogP contribution in [0.15, 0.2) is 21.1 Å². The number of benzene rings is 1. The molecule has 0 aliphatic carbocycles. The van der Waals surface area contributed by atoms with Crippen LogP contribution < -0.4 is 0 Å². The largest absolute Gasteiger partial charge is 0.184 e. The molecule has 0 unspecified atom stereocenters. The van der Waals surface area contributed by atoms with E-state index in [9.17, 15) is 0 Å². The van der Waals surface area contributed by atoms with Gasteiger partial charge in [0.05, 0.1) is 6.54 Å². The number of unbranched alkanes of at least 4 members (excludes halogenated alkanes) is 3. The minimum absolute atomic E-state index is 0.754. The van der Waals surface area contributed by atoms with Crippen LogP contribution in [0.5, 0.6) is 0 Å². The molecule has 1 aromatic carbocycles. The molecular formula is C12H14Br2ClN3. The third-order valence-corrected chi connectivity index (χ3v) is 4.27. The second-order valence-corrected chi connectivity index (χ2v) is 6.21. The van der Waals surface area contributed by atoms with Crippen LogP contribution in [0.4, 0.5) is 0 Å². The van der Waals surface area contributed by atoms with E-state index in [1.54, 1.807) is 4.80 Å². The monoisotopic (exact) mass is 393 g/mol. The lowest BCUT2D eigenvalue weighted by atomic mass is 10.2. The van der Waals surface area contributed by atoms with Gasteiger partial charge in [-0.25, -0.2) is 0 Å². The van der Waals surface area contributed by atoms with Gasteiger partial charge in [0.25, 0.3) is 0 Å². The molecule has 98 valence electrons. The predicted molar refractivity (Wildman–Crippen MR) is 82.1 cm³/mol. The van der Waals surface area contributed by atoms with Gasteiger partial charge in [0.1, 0.15) is 11.0 Å². The smallest absolute Gasteiger partial charge is 0.128 e. The molecule has 18 heavy (non-hydrogen) atoms. The Kier molecular flexibility index (Phi) is 5.45. The lowest BCUT2D eigenvalue weighted by Crippen LogP contribution is -2.02. The molecule has 0 spiro atoms. The van der Waals surface area contributed by atoms with Crippen molar-refractivity contribution in [2.75, 3.05) is 5.88 Å². The molecule has 0 radical (unpaired) electrons. The van der Waals surface area contributed by atoms with Gasteiger partial charge >= 0.3 is 0 Å². The van der Waals surface area contributed by atoms with Gasteiger partial charge < -0.3 is 0 Å². The van der Waals surface area contributed by atoms with Crippen molar-refractivity contribution in [2.45, 2.75) is 32.2 Å². The summed E-state index contributed by atoms with van der Waals surface area (Å²) < 4.78 is 1.96. The van der Waals surface area contributed by atoms with Crippen LogP contribution in [0, 0.1) is 0 Å². The first-order valence-electron chi connectivity index (χ1n) is 5.97. The van der Waals surface area contributed by atoms with Gasteiger partial charge in [0, 0.05) is 14.8 Å². The van der Waals surface area contributed by atoms with Crippen LogP contribution in [0.3, 0.4) is 0 Å². The third kappa shape index (κ3) is 3.45. The predicted octanol–water partition coefficient (Wildman–Crippen LogP) is 4.76. The van der Waals surface area contributed by atoms with E-state index in [-0.39, 0.29) is 0 Å². The van der Waals surface area contributed by atoms with Crippen molar-refractivity contribution in [3.8, 4) is 0 Å². The summed E-state index contributed by atoms with van der Waals surface area (Å²) in [7, 11) is 0. The number of hydrogen-bond acceptors (Lipinski definition) is 2. The molecule has 2 rings (SSSR count). The van der Waals surface area contributed by atoms with E-state index in [1.807, 2.05) is 12.1 Å². The summed E-state index contributed by atoms with van der Waals surface area (Å²) in [6.45, 7) is 0.857. The standard InChI is InChI=1S/C12H14Br2ClN3/c13-9-5-6-10(14)12-11(9)16-18(17-12)8-4-2-1-3-7-15/h5-6H,1-4,7-8H2. The molecule has 0 saturated carbocycles. The number of halogens is 3. The average molecular weight is 396 g/mol. The Labute approximate surface area is 128 Å². The van der Waals surface area contributed by atoms with Crippen molar-refractivity contribution in [1.29, 1.82) is 0 Å². The van der Waals surface area contributed by atoms with Crippen LogP contribution >= 0.6 is 43.5 Å². The van der Waals surface area contributed by atoms with Gasteiger partial charge in [-0.1, -0.05) is 12.8 Å². The van der Waals surface area contributed by atoms with Gasteiger partial charge in [-0.2, -0.15) is 15.0 Å². The Morgan fingerprint density at radius 1 is 0.944 bits per heavy atom. The molecule has 0 atom stereocenters. The number of alkyl halides is 1. The number of aryl methyl sites for hydroxylation is 1.